The van der Waals surface area contributed by atoms with Gasteiger partial charge in [-0.15, -0.1) is 6.58 Å². The molecule has 0 saturated heterocycles. The van der Waals surface area contributed by atoms with Crippen LogP contribution in [0.25, 0.3) is 0 Å². The van der Waals surface area contributed by atoms with Crippen LogP contribution in [0.4, 0.5) is 0 Å². The zero-order chi connectivity index (χ0) is 8.10. The lowest BCUT2D eigenvalue weighted by Crippen LogP contribution is -1.85. The number of allylic oxidation sites excluding steroid dienone is 1. The molecule has 1 aromatic carbocycles. The first-order chi connectivity index (χ1) is 5.38. The van der Waals surface area contributed by atoms with Gasteiger partial charge in [0.2, 0.25) is 0 Å². The highest BCUT2D eigenvalue weighted by Crippen LogP contribution is 2.07. The highest BCUT2D eigenvalue weighted by Gasteiger charge is 1.94. The third-order valence-corrected chi connectivity index (χ3v) is 1.52. The van der Waals surface area contributed by atoms with Crippen LogP contribution in [-0.4, -0.2) is 0 Å². The standard InChI is InChI=1S/C11H9/c1-3-7-11-9-6-5-8-10(11)4-2/h3,5-6,8-9H,1,7H2. The molecule has 0 aromatic heterocycles. The maximum atomic E-state index is 6.98. The SMILES string of the molecule is [C]#Cc1ccccc1CC=C. The number of rotatable bonds is 2. The van der Waals surface area contributed by atoms with E-state index in [1.165, 1.54) is 0 Å². The lowest BCUT2D eigenvalue weighted by Gasteiger charge is -1.98. The Balaban J connectivity index is 3.04. The van der Waals surface area contributed by atoms with Crippen LogP contribution in [0.1, 0.15) is 11.1 Å². The predicted molar refractivity (Wildman–Crippen MR) is 46.6 cm³/mol. The first-order valence-corrected chi connectivity index (χ1v) is 3.50. The van der Waals surface area contributed by atoms with Crippen molar-refractivity contribution < 1.29 is 0 Å². The second kappa shape index (κ2) is 3.63. The van der Waals surface area contributed by atoms with Crippen LogP contribution in [0, 0.1) is 12.3 Å². The van der Waals surface area contributed by atoms with Crippen LogP contribution in [0.5, 0.6) is 0 Å². The van der Waals surface area contributed by atoms with Gasteiger partial charge in [0.25, 0.3) is 0 Å². The molecule has 0 heterocycles. The molecule has 0 aliphatic heterocycles. The minimum absolute atomic E-state index is 0.808. The summed E-state index contributed by atoms with van der Waals surface area (Å²) in [6, 6.07) is 7.73. The van der Waals surface area contributed by atoms with Crippen LogP contribution in [0.3, 0.4) is 0 Å². The third kappa shape index (κ3) is 1.72. The summed E-state index contributed by atoms with van der Waals surface area (Å²) in [7, 11) is 0. The average Bonchev–Trinajstić information content (AvgIpc) is 2.06. The van der Waals surface area contributed by atoms with Gasteiger partial charge in [-0.2, -0.15) is 0 Å². The van der Waals surface area contributed by atoms with Crippen LogP contribution >= 0.6 is 0 Å². The van der Waals surface area contributed by atoms with Crippen molar-refractivity contribution in [1.82, 2.24) is 0 Å². The molecule has 0 aliphatic rings. The van der Waals surface area contributed by atoms with Gasteiger partial charge < -0.3 is 0 Å². The minimum Gasteiger partial charge on any atom is -0.103 e. The van der Waals surface area contributed by atoms with Crippen molar-refractivity contribution in [1.29, 1.82) is 0 Å². The van der Waals surface area contributed by atoms with E-state index in [0.29, 0.717) is 0 Å². The van der Waals surface area contributed by atoms with E-state index in [1.807, 2.05) is 30.3 Å². The molecule has 0 nitrogen and oxygen atoms in total. The summed E-state index contributed by atoms with van der Waals surface area (Å²) in [5.41, 5.74) is 1.96. The van der Waals surface area contributed by atoms with Gasteiger partial charge >= 0.3 is 0 Å². The van der Waals surface area contributed by atoms with Crippen molar-refractivity contribution in [2.75, 3.05) is 0 Å². The second-order valence-electron chi connectivity index (χ2n) is 2.27. The molecule has 0 saturated carbocycles. The van der Waals surface area contributed by atoms with E-state index in [4.69, 9.17) is 6.42 Å². The van der Waals surface area contributed by atoms with E-state index in [1.54, 1.807) is 0 Å². The summed E-state index contributed by atoms with van der Waals surface area (Å²) < 4.78 is 0. The fraction of sp³-hybridized carbons (Fsp3) is 0.0909. The largest absolute Gasteiger partial charge is 0.103 e. The molecule has 1 rings (SSSR count). The molecular weight excluding hydrogens is 132 g/mol. The molecule has 1 aromatic rings. The lowest BCUT2D eigenvalue weighted by molar-refractivity contribution is 1.26. The van der Waals surface area contributed by atoms with E-state index >= 15 is 0 Å². The molecule has 0 atom stereocenters. The quantitative estimate of drug-likeness (QED) is 0.438. The van der Waals surface area contributed by atoms with Crippen LogP contribution in [0.15, 0.2) is 36.9 Å². The summed E-state index contributed by atoms with van der Waals surface area (Å²) >= 11 is 0. The highest BCUT2D eigenvalue weighted by molar-refractivity contribution is 5.39. The molecule has 0 unspecified atom stereocenters. The third-order valence-electron chi connectivity index (χ3n) is 1.52. The monoisotopic (exact) mass is 141 g/mol. The Morgan fingerprint density at radius 1 is 1.45 bits per heavy atom. The topological polar surface area (TPSA) is 0 Å². The van der Waals surface area contributed by atoms with Crippen molar-refractivity contribution in [3.8, 4) is 5.92 Å². The van der Waals surface area contributed by atoms with Crippen molar-refractivity contribution in [2.45, 2.75) is 6.42 Å². The Hall–Kier alpha value is -1.48. The van der Waals surface area contributed by atoms with Gasteiger partial charge in [-0.3, -0.25) is 0 Å². The molecular formula is C11H9. The van der Waals surface area contributed by atoms with Gasteiger partial charge in [0.1, 0.15) is 0 Å². The molecule has 53 valence electrons. The molecule has 11 heavy (non-hydrogen) atoms. The van der Waals surface area contributed by atoms with Gasteiger partial charge in [0, 0.05) is 5.56 Å². The van der Waals surface area contributed by atoms with Crippen molar-refractivity contribution >= 4 is 0 Å². The van der Waals surface area contributed by atoms with E-state index in [-0.39, 0.29) is 0 Å². The Kier molecular flexibility index (Phi) is 2.52. The van der Waals surface area contributed by atoms with E-state index in [2.05, 4.69) is 12.5 Å². The molecule has 0 spiro atoms. The number of benzene rings is 1. The smallest absolute Gasteiger partial charge is 0.0290 e. The molecule has 1 radical (unpaired) electrons. The van der Waals surface area contributed by atoms with Crippen LogP contribution in [-0.2, 0) is 6.42 Å². The van der Waals surface area contributed by atoms with Gasteiger partial charge in [0.05, 0.1) is 0 Å². The van der Waals surface area contributed by atoms with Crippen LogP contribution < -0.4 is 0 Å². The first-order valence-electron chi connectivity index (χ1n) is 3.50. The Morgan fingerprint density at radius 2 is 2.18 bits per heavy atom. The molecule has 0 fully saturated rings. The Bertz CT molecular complexity index is 289. The van der Waals surface area contributed by atoms with Crippen molar-refractivity contribution in [3.05, 3.63) is 54.5 Å². The first kappa shape index (κ1) is 7.63. The summed E-state index contributed by atoms with van der Waals surface area (Å²) in [6.45, 7) is 3.64. The highest BCUT2D eigenvalue weighted by atomic mass is 14.0. The molecule has 0 bridgehead atoms. The molecule has 0 heteroatoms. The summed E-state index contributed by atoms with van der Waals surface area (Å²) in [5.74, 6) is 2.38. The maximum Gasteiger partial charge on any atom is 0.0290 e. The molecule has 0 N–H and O–H groups in total. The minimum atomic E-state index is 0.808. The van der Waals surface area contributed by atoms with Gasteiger partial charge in [-0.25, -0.2) is 0 Å². The molecule has 0 aliphatic carbocycles. The summed E-state index contributed by atoms with van der Waals surface area (Å²) in [5, 5.41) is 0. The van der Waals surface area contributed by atoms with Crippen molar-refractivity contribution in [2.24, 2.45) is 0 Å². The summed E-state index contributed by atoms with van der Waals surface area (Å²) in [6.07, 6.45) is 9.62. The van der Waals surface area contributed by atoms with Gasteiger partial charge in [0.15, 0.2) is 0 Å². The number of hydrogen-bond donors (Lipinski definition) is 0. The zero-order valence-electron chi connectivity index (χ0n) is 6.30. The fourth-order valence-electron chi connectivity index (χ4n) is 0.976. The fourth-order valence-corrected chi connectivity index (χ4v) is 0.976. The number of hydrogen-bond acceptors (Lipinski definition) is 0. The Morgan fingerprint density at radius 3 is 2.82 bits per heavy atom. The average molecular weight is 141 g/mol. The molecule has 0 amide bonds. The van der Waals surface area contributed by atoms with E-state index in [0.717, 1.165) is 17.5 Å². The van der Waals surface area contributed by atoms with E-state index in [9.17, 15) is 0 Å². The predicted octanol–water partition coefficient (Wildman–Crippen LogP) is 2.35. The van der Waals surface area contributed by atoms with Crippen molar-refractivity contribution in [3.63, 3.8) is 0 Å². The normalized spacial score (nSPS) is 8.64. The second-order valence-corrected chi connectivity index (χ2v) is 2.27. The van der Waals surface area contributed by atoms with Gasteiger partial charge in [-0.05, 0) is 24.5 Å². The summed E-state index contributed by atoms with van der Waals surface area (Å²) in [4.78, 5) is 0. The Labute approximate surface area is 67.6 Å². The van der Waals surface area contributed by atoms with E-state index < -0.39 is 0 Å². The van der Waals surface area contributed by atoms with Gasteiger partial charge in [-0.1, -0.05) is 30.2 Å². The maximum absolute atomic E-state index is 6.98. The zero-order valence-corrected chi connectivity index (χ0v) is 6.30. The van der Waals surface area contributed by atoms with Crippen LogP contribution in [0.2, 0.25) is 0 Å². The lowest BCUT2D eigenvalue weighted by atomic mass is 10.1.